The molecule has 1 atom stereocenters. The summed E-state index contributed by atoms with van der Waals surface area (Å²) in [5.41, 5.74) is 11.8. The molecule has 1 saturated heterocycles. The topological polar surface area (TPSA) is 98.3 Å². The molecular formula is C9H13N5O2. The van der Waals surface area contributed by atoms with Crippen LogP contribution in [-0.4, -0.2) is 22.2 Å². The Hall–Kier alpha value is -1.54. The molecule has 0 bridgehead atoms. The van der Waals surface area contributed by atoms with Crippen molar-refractivity contribution < 1.29 is 9.90 Å². The van der Waals surface area contributed by atoms with Gasteiger partial charge in [0.05, 0.1) is 12.6 Å². The van der Waals surface area contributed by atoms with Gasteiger partial charge in [-0.25, -0.2) is 10.9 Å². The molecule has 1 aromatic heterocycles. The Bertz CT molecular complexity index is 352. The summed E-state index contributed by atoms with van der Waals surface area (Å²) in [5.74, 6) is -1.10. The predicted octanol–water partition coefficient (Wildman–Crippen LogP) is -0.917. The van der Waals surface area contributed by atoms with Crippen LogP contribution in [0, 0.1) is 0 Å². The number of nitrogens with one attached hydrogen (secondary N) is 4. The quantitative estimate of drug-likeness (QED) is 0.450. The summed E-state index contributed by atoms with van der Waals surface area (Å²) in [6, 6.07) is 5.45. The molecule has 0 aliphatic carbocycles. The Morgan fingerprint density at radius 1 is 1.44 bits per heavy atom. The maximum absolute atomic E-state index is 10.8. The van der Waals surface area contributed by atoms with Crippen LogP contribution in [0.4, 0.5) is 0 Å². The molecule has 5 N–H and O–H groups in total. The van der Waals surface area contributed by atoms with E-state index in [-0.39, 0.29) is 18.5 Å². The van der Waals surface area contributed by atoms with E-state index in [1.54, 1.807) is 12.3 Å². The van der Waals surface area contributed by atoms with E-state index >= 15 is 0 Å². The number of pyridine rings is 1. The number of hydrogen-bond acceptors (Lipinski definition) is 6. The summed E-state index contributed by atoms with van der Waals surface area (Å²) in [5, 5.41) is 8.88. The largest absolute Gasteiger partial charge is 0.481 e. The average molecular weight is 223 g/mol. The lowest BCUT2D eigenvalue weighted by Crippen LogP contribution is -2.40. The fraction of sp³-hybridized carbons (Fsp3) is 0.333. The van der Waals surface area contributed by atoms with Gasteiger partial charge in [-0.2, -0.15) is 11.1 Å². The van der Waals surface area contributed by atoms with Gasteiger partial charge in [-0.15, -0.1) is 0 Å². The fourth-order valence-electron chi connectivity index (χ4n) is 1.64. The molecule has 0 radical (unpaired) electrons. The molecule has 1 aliphatic rings. The summed E-state index contributed by atoms with van der Waals surface area (Å²) < 4.78 is 0. The van der Waals surface area contributed by atoms with E-state index in [0.29, 0.717) is 0 Å². The number of carboxylic acid groups (broad SMARTS) is 1. The van der Waals surface area contributed by atoms with E-state index in [9.17, 15) is 4.79 Å². The zero-order valence-corrected chi connectivity index (χ0v) is 8.47. The summed E-state index contributed by atoms with van der Waals surface area (Å²) in [7, 11) is 0. The molecule has 0 aromatic carbocycles. The first-order chi connectivity index (χ1) is 7.77. The summed E-state index contributed by atoms with van der Waals surface area (Å²) in [6.45, 7) is 0. The van der Waals surface area contributed by atoms with Crippen molar-refractivity contribution in [3.05, 3.63) is 30.1 Å². The standard InChI is InChI=1S/C9H13N5O2/c15-8(16)5-6(9-11-13-14-12-9)7-3-1-2-4-10-7/h1-4,6,9,11-14H,5H2,(H,15,16). The van der Waals surface area contributed by atoms with Gasteiger partial charge >= 0.3 is 5.97 Å². The Morgan fingerprint density at radius 3 is 2.75 bits per heavy atom. The van der Waals surface area contributed by atoms with Gasteiger partial charge in [0, 0.05) is 17.8 Å². The molecule has 86 valence electrons. The van der Waals surface area contributed by atoms with Crippen molar-refractivity contribution in [1.29, 1.82) is 0 Å². The first-order valence-electron chi connectivity index (χ1n) is 4.91. The Morgan fingerprint density at radius 2 is 2.19 bits per heavy atom. The van der Waals surface area contributed by atoms with Crippen molar-refractivity contribution in [2.45, 2.75) is 18.5 Å². The third-order valence-electron chi connectivity index (χ3n) is 2.38. The second kappa shape index (κ2) is 4.99. The van der Waals surface area contributed by atoms with E-state index < -0.39 is 5.97 Å². The number of nitrogens with zero attached hydrogens (tertiary/aromatic N) is 1. The molecule has 1 aromatic rings. The van der Waals surface area contributed by atoms with Gasteiger partial charge in [-0.1, -0.05) is 6.07 Å². The van der Waals surface area contributed by atoms with Crippen LogP contribution in [0.3, 0.4) is 0 Å². The van der Waals surface area contributed by atoms with Crippen LogP contribution >= 0.6 is 0 Å². The van der Waals surface area contributed by atoms with E-state index in [1.807, 2.05) is 12.1 Å². The minimum absolute atomic E-state index is 0.00500. The van der Waals surface area contributed by atoms with Crippen molar-refractivity contribution in [1.82, 2.24) is 26.9 Å². The zero-order valence-electron chi connectivity index (χ0n) is 8.47. The van der Waals surface area contributed by atoms with Crippen LogP contribution in [0.1, 0.15) is 18.0 Å². The average Bonchev–Trinajstić information content (AvgIpc) is 2.80. The van der Waals surface area contributed by atoms with Crippen molar-refractivity contribution in [2.75, 3.05) is 0 Å². The minimum Gasteiger partial charge on any atom is -0.481 e. The molecule has 2 rings (SSSR count). The third kappa shape index (κ3) is 2.52. The van der Waals surface area contributed by atoms with Crippen LogP contribution in [0.15, 0.2) is 24.4 Å². The number of aliphatic carboxylic acids is 1. The molecule has 7 heteroatoms. The van der Waals surface area contributed by atoms with Crippen LogP contribution in [-0.2, 0) is 4.79 Å². The zero-order chi connectivity index (χ0) is 11.4. The lowest BCUT2D eigenvalue weighted by Gasteiger charge is -2.20. The van der Waals surface area contributed by atoms with Crippen molar-refractivity contribution in [2.24, 2.45) is 0 Å². The first kappa shape index (κ1) is 11.0. The number of hydrazine groups is 3. The molecule has 2 heterocycles. The van der Waals surface area contributed by atoms with Gasteiger partial charge in [0.15, 0.2) is 0 Å². The Balaban J connectivity index is 2.16. The van der Waals surface area contributed by atoms with Gasteiger partial charge in [0.2, 0.25) is 0 Å². The lowest BCUT2D eigenvalue weighted by atomic mass is 9.98. The molecule has 0 saturated carbocycles. The summed E-state index contributed by atoms with van der Waals surface area (Å²) >= 11 is 0. The summed E-state index contributed by atoms with van der Waals surface area (Å²) in [4.78, 5) is 15.0. The van der Waals surface area contributed by atoms with E-state index in [2.05, 4.69) is 26.9 Å². The molecule has 1 unspecified atom stereocenters. The molecule has 0 amide bonds. The van der Waals surface area contributed by atoms with Crippen LogP contribution < -0.4 is 21.9 Å². The third-order valence-corrected chi connectivity index (χ3v) is 2.38. The highest BCUT2D eigenvalue weighted by molar-refractivity contribution is 5.68. The van der Waals surface area contributed by atoms with Crippen LogP contribution in [0.5, 0.6) is 0 Å². The van der Waals surface area contributed by atoms with Crippen molar-refractivity contribution >= 4 is 5.97 Å². The summed E-state index contributed by atoms with van der Waals surface area (Å²) in [6.07, 6.45) is 1.44. The molecule has 16 heavy (non-hydrogen) atoms. The number of hydrogen-bond donors (Lipinski definition) is 5. The smallest absolute Gasteiger partial charge is 0.304 e. The lowest BCUT2D eigenvalue weighted by molar-refractivity contribution is -0.137. The van der Waals surface area contributed by atoms with Gasteiger partial charge in [-0.05, 0) is 12.1 Å². The number of aromatic nitrogens is 1. The molecule has 0 spiro atoms. The molecule has 1 aliphatic heterocycles. The van der Waals surface area contributed by atoms with E-state index in [1.165, 1.54) is 0 Å². The van der Waals surface area contributed by atoms with E-state index in [4.69, 9.17) is 5.11 Å². The Labute approximate surface area is 92.2 Å². The number of carboxylic acids is 1. The van der Waals surface area contributed by atoms with Crippen molar-refractivity contribution in [3.8, 4) is 0 Å². The fourth-order valence-corrected chi connectivity index (χ4v) is 1.64. The number of carbonyl (C=O) groups is 1. The van der Waals surface area contributed by atoms with E-state index in [0.717, 1.165) is 5.69 Å². The van der Waals surface area contributed by atoms with Gasteiger partial charge < -0.3 is 5.11 Å². The maximum Gasteiger partial charge on any atom is 0.304 e. The van der Waals surface area contributed by atoms with Gasteiger partial charge in [0.25, 0.3) is 0 Å². The monoisotopic (exact) mass is 223 g/mol. The van der Waals surface area contributed by atoms with Crippen LogP contribution in [0.25, 0.3) is 0 Å². The minimum atomic E-state index is -0.855. The normalized spacial score (nSPS) is 18.5. The highest BCUT2D eigenvalue weighted by atomic mass is 16.4. The second-order valence-corrected chi connectivity index (χ2v) is 3.48. The van der Waals surface area contributed by atoms with Crippen LogP contribution in [0.2, 0.25) is 0 Å². The first-order valence-corrected chi connectivity index (χ1v) is 4.91. The highest BCUT2D eigenvalue weighted by Gasteiger charge is 2.28. The van der Waals surface area contributed by atoms with Gasteiger partial charge in [0.1, 0.15) is 0 Å². The predicted molar refractivity (Wildman–Crippen MR) is 55.6 cm³/mol. The highest BCUT2D eigenvalue weighted by Crippen LogP contribution is 2.20. The molecular weight excluding hydrogens is 210 g/mol. The molecule has 1 fully saturated rings. The Kier molecular flexibility index (Phi) is 3.42. The SMILES string of the molecule is O=C(O)CC(c1ccccn1)C1NNNN1. The second-order valence-electron chi connectivity index (χ2n) is 3.48. The number of rotatable bonds is 4. The van der Waals surface area contributed by atoms with Gasteiger partial charge in [-0.3, -0.25) is 9.78 Å². The molecule has 7 nitrogen and oxygen atoms in total. The van der Waals surface area contributed by atoms with Crippen molar-refractivity contribution in [3.63, 3.8) is 0 Å². The maximum atomic E-state index is 10.8.